The molecule has 8 nitrogen and oxygen atoms in total. The Balaban J connectivity index is 1.65. The van der Waals surface area contributed by atoms with Gasteiger partial charge in [0.05, 0.1) is 0 Å². The molecule has 0 unspecified atom stereocenters. The first-order valence-electron chi connectivity index (χ1n) is 8.80. The van der Waals surface area contributed by atoms with E-state index >= 15 is 0 Å². The predicted octanol–water partition coefficient (Wildman–Crippen LogP) is 0.149. The molecule has 1 aromatic carbocycles. The zero-order valence-electron chi connectivity index (χ0n) is 15.8. The number of aryl methyl sites for hydroxylation is 2. The van der Waals surface area contributed by atoms with Gasteiger partial charge in [0.2, 0.25) is 11.7 Å². The minimum atomic E-state index is -0.459. The third kappa shape index (κ3) is 3.99. The van der Waals surface area contributed by atoms with Crippen molar-refractivity contribution in [2.45, 2.75) is 6.92 Å². The van der Waals surface area contributed by atoms with Gasteiger partial charge in [-0.2, -0.15) is 0 Å². The molecule has 1 fully saturated rings. The molecule has 27 heavy (non-hydrogen) atoms. The molecule has 0 radical (unpaired) electrons. The van der Waals surface area contributed by atoms with E-state index in [1.165, 1.54) is 19.7 Å². The summed E-state index contributed by atoms with van der Waals surface area (Å²) >= 11 is 0. The summed E-state index contributed by atoms with van der Waals surface area (Å²) < 4.78 is 2.20. The first-order chi connectivity index (χ1) is 12.9. The van der Waals surface area contributed by atoms with Crippen LogP contribution in [0.2, 0.25) is 0 Å². The number of aromatic nitrogens is 3. The van der Waals surface area contributed by atoms with Crippen molar-refractivity contribution in [1.29, 1.82) is 0 Å². The fourth-order valence-corrected chi connectivity index (χ4v) is 2.97. The Hall–Kier alpha value is -3.16. The smallest absolute Gasteiger partial charge is 0.346 e. The molecular formula is C19H23N5O3. The lowest BCUT2D eigenvalue weighted by Crippen LogP contribution is -2.51. The van der Waals surface area contributed by atoms with Gasteiger partial charge in [0.15, 0.2) is 0 Å². The van der Waals surface area contributed by atoms with E-state index in [4.69, 9.17) is 0 Å². The van der Waals surface area contributed by atoms with Crippen molar-refractivity contribution in [3.05, 3.63) is 62.3 Å². The number of anilines is 1. The van der Waals surface area contributed by atoms with E-state index < -0.39 is 11.2 Å². The standard InChI is InChI=1S/C19H23N5O3/c1-14-4-6-15(7-5-14)8-9-16(25)23-10-12-24(13-11-23)17-18(26)21(2)19(27)22(3)20-17/h4-9H,10-13H2,1-3H3/b9-8+. The molecule has 0 saturated carbocycles. The van der Waals surface area contributed by atoms with Gasteiger partial charge < -0.3 is 9.80 Å². The van der Waals surface area contributed by atoms with E-state index in [0.29, 0.717) is 26.2 Å². The zero-order chi connectivity index (χ0) is 19.6. The van der Waals surface area contributed by atoms with Crippen LogP contribution in [0, 0.1) is 6.92 Å². The summed E-state index contributed by atoms with van der Waals surface area (Å²) in [5, 5.41) is 4.09. The number of hydrogen-bond donors (Lipinski definition) is 0. The summed E-state index contributed by atoms with van der Waals surface area (Å²) in [5.74, 6) is 0.179. The molecule has 0 aliphatic carbocycles. The van der Waals surface area contributed by atoms with Crippen LogP contribution in [0.15, 0.2) is 39.9 Å². The van der Waals surface area contributed by atoms with Crippen LogP contribution in [0.3, 0.4) is 0 Å². The summed E-state index contributed by atoms with van der Waals surface area (Å²) in [5.41, 5.74) is 1.27. The lowest BCUT2D eigenvalue weighted by Gasteiger charge is -2.34. The van der Waals surface area contributed by atoms with Crippen molar-refractivity contribution in [1.82, 2.24) is 19.2 Å². The highest BCUT2D eigenvalue weighted by atomic mass is 16.2. The summed E-state index contributed by atoms with van der Waals surface area (Å²) in [6.07, 6.45) is 3.38. The predicted molar refractivity (Wildman–Crippen MR) is 104 cm³/mol. The normalized spacial score (nSPS) is 14.8. The lowest BCUT2D eigenvalue weighted by molar-refractivity contribution is -0.126. The molecule has 3 rings (SSSR count). The SMILES string of the molecule is Cc1ccc(/C=C/C(=O)N2CCN(c3nn(C)c(=O)n(C)c3=O)CC2)cc1. The molecule has 1 aliphatic rings. The molecule has 8 heteroatoms. The number of nitrogens with zero attached hydrogens (tertiary/aromatic N) is 5. The number of rotatable bonds is 3. The Labute approximate surface area is 156 Å². The van der Waals surface area contributed by atoms with Crippen LogP contribution < -0.4 is 16.1 Å². The molecule has 0 N–H and O–H groups in total. The van der Waals surface area contributed by atoms with Crippen LogP contribution in [0.1, 0.15) is 11.1 Å². The molecule has 0 atom stereocenters. The van der Waals surface area contributed by atoms with Gasteiger partial charge in [0.1, 0.15) is 0 Å². The number of carbonyl (C=O) groups excluding carboxylic acids is 1. The van der Waals surface area contributed by atoms with E-state index in [0.717, 1.165) is 14.8 Å². The third-order valence-corrected chi connectivity index (χ3v) is 4.69. The Morgan fingerprint density at radius 1 is 1.04 bits per heavy atom. The first-order valence-corrected chi connectivity index (χ1v) is 8.80. The highest BCUT2D eigenvalue weighted by molar-refractivity contribution is 5.91. The maximum absolute atomic E-state index is 12.4. The van der Waals surface area contributed by atoms with Gasteiger partial charge in [0.25, 0.3) is 5.56 Å². The van der Waals surface area contributed by atoms with Crippen LogP contribution in [0.25, 0.3) is 6.08 Å². The summed E-state index contributed by atoms with van der Waals surface area (Å²) in [6, 6.07) is 7.95. The summed E-state index contributed by atoms with van der Waals surface area (Å²) in [7, 11) is 2.95. The van der Waals surface area contributed by atoms with Crippen molar-refractivity contribution in [2.24, 2.45) is 14.1 Å². The molecule has 1 saturated heterocycles. The Bertz CT molecular complexity index is 980. The largest absolute Gasteiger partial charge is 0.347 e. The molecule has 1 amide bonds. The van der Waals surface area contributed by atoms with Crippen molar-refractivity contribution in [3.8, 4) is 0 Å². The van der Waals surface area contributed by atoms with Crippen molar-refractivity contribution in [2.75, 3.05) is 31.1 Å². The van der Waals surface area contributed by atoms with E-state index in [9.17, 15) is 14.4 Å². The van der Waals surface area contributed by atoms with E-state index in [2.05, 4.69) is 5.10 Å². The Morgan fingerprint density at radius 2 is 1.67 bits per heavy atom. The van der Waals surface area contributed by atoms with Crippen LogP contribution in [-0.2, 0) is 18.9 Å². The van der Waals surface area contributed by atoms with Crippen LogP contribution in [0.5, 0.6) is 0 Å². The fraction of sp³-hybridized carbons (Fsp3) is 0.368. The van der Waals surface area contributed by atoms with Gasteiger partial charge in [-0.1, -0.05) is 29.8 Å². The van der Waals surface area contributed by atoms with Gasteiger partial charge in [-0.25, -0.2) is 9.48 Å². The van der Waals surface area contributed by atoms with E-state index in [1.54, 1.807) is 17.1 Å². The van der Waals surface area contributed by atoms with Crippen LogP contribution in [0.4, 0.5) is 5.82 Å². The Kier molecular flexibility index (Phi) is 5.25. The average molecular weight is 369 g/mol. The summed E-state index contributed by atoms with van der Waals surface area (Å²) in [4.78, 5) is 40.0. The lowest BCUT2D eigenvalue weighted by atomic mass is 10.1. The molecule has 2 aromatic rings. The number of amides is 1. The summed E-state index contributed by atoms with van der Waals surface area (Å²) in [6.45, 7) is 3.98. The van der Waals surface area contributed by atoms with Gasteiger partial charge in [-0.05, 0) is 18.6 Å². The van der Waals surface area contributed by atoms with Crippen LogP contribution in [-0.4, -0.2) is 51.3 Å². The highest BCUT2D eigenvalue weighted by Gasteiger charge is 2.23. The fourth-order valence-electron chi connectivity index (χ4n) is 2.97. The second-order valence-corrected chi connectivity index (χ2v) is 6.65. The Morgan fingerprint density at radius 3 is 2.30 bits per heavy atom. The number of carbonyl (C=O) groups is 1. The maximum atomic E-state index is 12.4. The molecule has 0 bridgehead atoms. The number of benzene rings is 1. The molecule has 142 valence electrons. The molecule has 1 aliphatic heterocycles. The van der Waals surface area contributed by atoms with Gasteiger partial charge >= 0.3 is 5.69 Å². The van der Waals surface area contributed by atoms with Crippen LogP contribution >= 0.6 is 0 Å². The van der Waals surface area contributed by atoms with Gasteiger partial charge in [0, 0.05) is 46.4 Å². The molecular weight excluding hydrogens is 346 g/mol. The second kappa shape index (κ2) is 7.61. The molecule has 1 aromatic heterocycles. The van der Waals surface area contributed by atoms with E-state index in [-0.39, 0.29) is 11.7 Å². The second-order valence-electron chi connectivity index (χ2n) is 6.65. The number of hydrogen-bond acceptors (Lipinski definition) is 5. The van der Waals surface area contributed by atoms with Gasteiger partial charge in [-0.15, -0.1) is 5.10 Å². The minimum Gasteiger partial charge on any atom is -0.347 e. The average Bonchev–Trinajstić information content (AvgIpc) is 2.68. The van der Waals surface area contributed by atoms with Crippen molar-refractivity contribution >= 4 is 17.8 Å². The monoisotopic (exact) mass is 369 g/mol. The van der Waals surface area contributed by atoms with Gasteiger partial charge in [-0.3, -0.25) is 14.2 Å². The maximum Gasteiger partial charge on any atom is 0.346 e. The quantitative estimate of drug-likeness (QED) is 0.720. The first kappa shape index (κ1) is 18.6. The molecule has 2 heterocycles. The topological polar surface area (TPSA) is 80.4 Å². The van der Waals surface area contributed by atoms with Crippen molar-refractivity contribution < 1.29 is 4.79 Å². The zero-order valence-corrected chi connectivity index (χ0v) is 15.8. The van der Waals surface area contributed by atoms with E-state index in [1.807, 2.05) is 36.1 Å². The third-order valence-electron chi connectivity index (χ3n) is 4.69. The molecule has 0 spiro atoms. The van der Waals surface area contributed by atoms with Crippen molar-refractivity contribution in [3.63, 3.8) is 0 Å². The number of piperazine rings is 1. The minimum absolute atomic E-state index is 0.0588. The highest BCUT2D eigenvalue weighted by Crippen LogP contribution is 2.10.